The lowest BCUT2D eigenvalue weighted by molar-refractivity contribution is -0.0215. The SMILES string of the molecule is CCc1ccc(CN2C[C@@H](NC(=O)N(C)C)[C@H]3OCCC[C@H]32)o1. The highest BCUT2D eigenvalue weighted by molar-refractivity contribution is 5.74. The molecule has 1 N–H and O–H groups in total. The first kappa shape index (κ1) is 16.3. The average molecular weight is 321 g/mol. The molecule has 0 bridgehead atoms. The Labute approximate surface area is 137 Å². The van der Waals surface area contributed by atoms with E-state index in [4.69, 9.17) is 9.15 Å². The minimum Gasteiger partial charge on any atom is -0.465 e. The molecule has 0 unspecified atom stereocenters. The van der Waals surface area contributed by atoms with E-state index in [9.17, 15) is 4.79 Å². The zero-order valence-corrected chi connectivity index (χ0v) is 14.2. The summed E-state index contributed by atoms with van der Waals surface area (Å²) in [6, 6.07) is 4.44. The number of rotatable bonds is 4. The van der Waals surface area contributed by atoms with Crippen molar-refractivity contribution >= 4 is 6.03 Å². The van der Waals surface area contributed by atoms with E-state index in [2.05, 4.69) is 23.2 Å². The summed E-state index contributed by atoms with van der Waals surface area (Å²) in [7, 11) is 3.52. The molecule has 1 aromatic heterocycles. The van der Waals surface area contributed by atoms with Gasteiger partial charge in [-0.1, -0.05) is 6.92 Å². The molecule has 23 heavy (non-hydrogen) atoms. The molecule has 0 spiro atoms. The van der Waals surface area contributed by atoms with Gasteiger partial charge in [-0.05, 0) is 25.0 Å². The number of urea groups is 1. The Morgan fingerprint density at radius 2 is 2.17 bits per heavy atom. The van der Waals surface area contributed by atoms with Crippen LogP contribution in [0.25, 0.3) is 0 Å². The predicted octanol–water partition coefficient (Wildman–Crippen LogP) is 1.84. The van der Waals surface area contributed by atoms with Crippen LogP contribution in [0.5, 0.6) is 0 Å². The Bertz CT molecular complexity index is 543. The fourth-order valence-electron chi connectivity index (χ4n) is 3.55. The van der Waals surface area contributed by atoms with Crippen LogP contribution >= 0.6 is 0 Å². The summed E-state index contributed by atoms with van der Waals surface area (Å²) < 4.78 is 11.8. The molecule has 0 aromatic carbocycles. The standard InChI is InChI=1S/C17H27N3O3/c1-4-12-7-8-13(23-12)10-20-11-14(18-17(21)19(2)3)16-15(20)6-5-9-22-16/h7-8,14-16H,4-6,9-11H2,1-3H3,(H,18,21)/t14-,15-,16-/m1/s1. The number of nitrogens with zero attached hydrogens (tertiary/aromatic N) is 2. The largest absolute Gasteiger partial charge is 0.465 e. The highest BCUT2D eigenvalue weighted by Gasteiger charge is 2.44. The molecule has 3 rings (SSSR count). The Morgan fingerprint density at radius 1 is 1.39 bits per heavy atom. The van der Waals surface area contributed by atoms with E-state index in [0.29, 0.717) is 6.04 Å². The van der Waals surface area contributed by atoms with Crippen molar-refractivity contribution in [2.45, 2.75) is 50.9 Å². The van der Waals surface area contributed by atoms with Crippen molar-refractivity contribution in [3.63, 3.8) is 0 Å². The number of hydrogen-bond donors (Lipinski definition) is 1. The van der Waals surface area contributed by atoms with E-state index < -0.39 is 0 Å². The maximum atomic E-state index is 12.0. The van der Waals surface area contributed by atoms with Crippen LogP contribution in [0, 0.1) is 0 Å². The quantitative estimate of drug-likeness (QED) is 0.919. The third-order valence-electron chi connectivity index (χ3n) is 4.77. The van der Waals surface area contributed by atoms with Crippen LogP contribution in [-0.4, -0.2) is 61.3 Å². The predicted molar refractivity (Wildman–Crippen MR) is 87.3 cm³/mol. The smallest absolute Gasteiger partial charge is 0.317 e. The average Bonchev–Trinajstić information content (AvgIpc) is 3.13. The number of hydrogen-bond acceptors (Lipinski definition) is 4. The zero-order valence-electron chi connectivity index (χ0n) is 14.2. The van der Waals surface area contributed by atoms with Crippen molar-refractivity contribution in [3.8, 4) is 0 Å². The van der Waals surface area contributed by atoms with Crippen molar-refractivity contribution in [1.82, 2.24) is 15.1 Å². The topological polar surface area (TPSA) is 58.0 Å². The van der Waals surface area contributed by atoms with Gasteiger partial charge in [0.2, 0.25) is 0 Å². The first-order valence-corrected chi connectivity index (χ1v) is 8.49. The van der Waals surface area contributed by atoms with Crippen LogP contribution in [0.1, 0.15) is 31.3 Å². The van der Waals surface area contributed by atoms with Gasteiger partial charge in [-0.25, -0.2) is 4.79 Å². The van der Waals surface area contributed by atoms with Gasteiger partial charge in [0.1, 0.15) is 11.5 Å². The molecule has 2 aliphatic rings. The highest BCUT2D eigenvalue weighted by Crippen LogP contribution is 2.30. The van der Waals surface area contributed by atoms with E-state index in [1.807, 2.05) is 6.07 Å². The summed E-state index contributed by atoms with van der Waals surface area (Å²) in [5.41, 5.74) is 0. The molecule has 2 fully saturated rings. The summed E-state index contributed by atoms with van der Waals surface area (Å²) in [6.07, 6.45) is 3.18. The summed E-state index contributed by atoms with van der Waals surface area (Å²) in [4.78, 5) is 16.0. The van der Waals surface area contributed by atoms with Gasteiger partial charge >= 0.3 is 6.03 Å². The van der Waals surface area contributed by atoms with Crippen molar-refractivity contribution < 1.29 is 13.9 Å². The molecule has 3 heterocycles. The van der Waals surface area contributed by atoms with Gasteiger partial charge in [0, 0.05) is 39.7 Å². The number of nitrogens with one attached hydrogen (secondary N) is 1. The second-order valence-electron chi connectivity index (χ2n) is 6.65. The lowest BCUT2D eigenvalue weighted by Gasteiger charge is -2.32. The van der Waals surface area contributed by atoms with Crippen LogP contribution in [0.2, 0.25) is 0 Å². The molecule has 6 heteroatoms. The first-order valence-electron chi connectivity index (χ1n) is 8.49. The molecule has 0 radical (unpaired) electrons. The van der Waals surface area contributed by atoms with Gasteiger partial charge in [-0.2, -0.15) is 0 Å². The van der Waals surface area contributed by atoms with Gasteiger partial charge in [0.05, 0.1) is 18.7 Å². The van der Waals surface area contributed by atoms with Gasteiger partial charge in [-0.3, -0.25) is 4.90 Å². The second-order valence-corrected chi connectivity index (χ2v) is 6.65. The number of aryl methyl sites for hydroxylation is 1. The number of fused-ring (bicyclic) bond motifs is 1. The van der Waals surface area contributed by atoms with Crippen LogP contribution in [-0.2, 0) is 17.7 Å². The lowest BCUT2D eigenvalue weighted by atomic mass is 10.0. The maximum Gasteiger partial charge on any atom is 0.317 e. The van der Waals surface area contributed by atoms with E-state index in [-0.39, 0.29) is 18.2 Å². The molecule has 128 valence electrons. The van der Waals surface area contributed by atoms with Crippen LogP contribution in [0.4, 0.5) is 4.79 Å². The molecule has 2 aliphatic heterocycles. The number of amides is 2. The van der Waals surface area contributed by atoms with Gasteiger partial charge in [0.25, 0.3) is 0 Å². The third-order valence-corrected chi connectivity index (χ3v) is 4.77. The van der Waals surface area contributed by atoms with Gasteiger partial charge < -0.3 is 19.4 Å². The molecule has 6 nitrogen and oxygen atoms in total. The van der Waals surface area contributed by atoms with E-state index in [0.717, 1.165) is 50.5 Å². The minimum atomic E-state index is -0.0592. The first-order chi connectivity index (χ1) is 11.1. The molecule has 3 atom stereocenters. The molecule has 1 aromatic rings. The van der Waals surface area contributed by atoms with E-state index >= 15 is 0 Å². The second kappa shape index (κ2) is 6.93. The van der Waals surface area contributed by atoms with Crippen molar-refractivity contribution in [3.05, 3.63) is 23.7 Å². The zero-order chi connectivity index (χ0) is 16.4. The fourth-order valence-corrected chi connectivity index (χ4v) is 3.55. The monoisotopic (exact) mass is 321 g/mol. The minimum absolute atomic E-state index is 0.0378. The number of carbonyl (C=O) groups excluding carboxylic acids is 1. The number of likely N-dealkylation sites (tertiary alicyclic amines) is 1. The molecule has 2 amide bonds. The van der Waals surface area contributed by atoms with Crippen molar-refractivity contribution in [2.75, 3.05) is 27.2 Å². The number of ether oxygens (including phenoxy) is 1. The van der Waals surface area contributed by atoms with Crippen LogP contribution in [0.3, 0.4) is 0 Å². The highest BCUT2D eigenvalue weighted by atomic mass is 16.5. The summed E-state index contributed by atoms with van der Waals surface area (Å²) in [6.45, 7) is 4.45. The summed E-state index contributed by atoms with van der Waals surface area (Å²) in [5, 5.41) is 3.10. The van der Waals surface area contributed by atoms with Crippen LogP contribution in [0.15, 0.2) is 16.5 Å². The van der Waals surface area contributed by atoms with E-state index in [1.54, 1.807) is 19.0 Å². The normalized spacial score (nSPS) is 27.7. The van der Waals surface area contributed by atoms with Crippen molar-refractivity contribution in [2.24, 2.45) is 0 Å². The molecule has 2 saturated heterocycles. The molecular weight excluding hydrogens is 294 g/mol. The van der Waals surface area contributed by atoms with E-state index in [1.165, 1.54) is 0 Å². The van der Waals surface area contributed by atoms with Crippen LogP contribution < -0.4 is 5.32 Å². The Balaban J connectivity index is 1.69. The Hall–Kier alpha value is -1.53. The lowest BCUT2D eigenvalue weighted by Crippen LogP contribution is -2.50. The molecular formula is C17H27N3O3. The summed E-state index contributed by atoms with van der Waals surface area (Å²) in [5.74, 6) is 2.01. The van der Waals surface area contributed by atoms with Crippen molar-refractivity contribution in [1.29, 1.82) is 0 Å². The number of furan rings is 1. The summed E-state index contributed by atoms with van der Waals surface area (Å²) >= 11 is 0. The Kier molecular flexibility index (Phi) is 4.92. The fraction of sp³-hybridized carbons (Fsp3) is 0.706. The third kappa shape index (κ3) is 3.53. The maximum absolute atomic E-state index is 12.0. The van der Waals surface area contributed by atoms with Gasteiger partial charge in [0.15, 0.2) is 0 Å². The molecule has 0 saturated carbocycles. The Morgan fingerprint density at radius 3 is 2.87 bits per heavy atom. The number of carbonyl (C=O) groups is 1. The van der Waals surface area contributed by atoms with Gasteiger partial charge in [-0.15, -0.1) is 0 Å². The molecule has 0 aliphatic carbocycles.